The lowest BCUT2D eigenvalue weighted by atomic mass is 10.0. The maximum Gasteiger partial charge on any atom is 0.174 e. The van der Waals surface area contributed by atoms with Gasteiger partial charge in [-0.15, -0.1) is 0 Å². The summed E-state index contributed by atoms with van der Waals surface area (Å²) < 4.78 is 20.4. The number of nitrogens with one attached hydrogen (secondary N) is 1. The van der Waals surface area contributed by atoms with Crippen molar-refractivity contribution in [2.45, 2.75) is 12.1 Å². The zero-order valence-corrected chi connectivity index (χ0v) is 19.0. The highest BCUT2D eigenvalue weighted by molar-refractivity contribution is 9.10. The number of thiocarbonyl (C=S) groups is 1. The number of pyridine rings is 1. The number of halogens is 2. The van der Waals surface area contributed by atoms with Crippen molar-refractivity contribution in [1.29, 1.82) is 0 Å². The van der Waals surface area contributed by atoms with Crippen LogP contribution in [0.5, 0.6) is 5.75 Å². The van der Waals surface area contributed by atoms with Crippen molar-refractivity contribution in [2.24, 2.45) is 0 Å². The van der Waals surface area contributed by atoms with Crippen LogP contribution in [-0.2, 0) is 0 Å². The van der Waals surface area contributed by atoms with E-state index in [4.69, 9.17) is 16.6 Å². The van der Waals surface area contributed by atoms with Crippen LogP contribution in [0.4, 0.5) is 10.1 Å². The van der Waals surface area contributed by atoms with Crippen molar-refractivity contribution < 1.29 is 13.9 Å². The predicted octanol–water partition coefficient (Wildman–Crippen LogP) is 6.13. The number of phenolic OH excluding ortho intramolecular Hbond substituents is 1. The molecule has 2 N–H and O–H groups in total. The van der Waals surface area contributed by atoms with Gasteiger partial charge in [-0.05, 0) is 94.9 Å². The van der Waals surface area contributed by atoms with Gasteiger partial charge in [0, 0.05) is 21.9 Å². The van der Waals surface area contributed by atoms with E-state index in [-0.39, 0.29) is 23.7 Å². The molecule has 3 heterocycles. The van der Waals surface area contributed by atoms with Gasteiger partial charge in [0.25, 0.3) is 0 Å². The SMILES string of the molecule is Oc1ccc(N2C(=S)N[C@H](c3ccccn3)[C@H]2c2ccc(-c3ccc(F)cc3Br)o2)cc1. The summed E-state index contributed by atoms with van der Waals surface area (Å²) in [6.07, 6.45) is 1.74. The number of furan rings is 1. The number of aromatic hydroxyl groups is 1. The van der Waals surface area contributed by atoms with Crippen molar-refractivity contribution in [3.05, 3.63) is 101 Å². The number of aromatic nitrogens is 1. The summed E-state index contributed by atoms with van der Waals surface area (Å²) in [7, 11) is 0. The first-order valence-electron chi connectivity index (χ1n) is 9.86. The minimum absolute atomic E-state index is 0.172. The molecule has 5 rings (SSSR count). The van der Waals surface area contributed by atoms with E-state index in [9.17, 15) is 9.50 Å². The van der Waals surface area contributed by atoms with Crippen molar-refractivity contribution >= 4 is 38.9 Å². The average Bonchev–Trinajstić information content (AvgIpc) is 3.39. The molecule has 8 heteroatoms. The number of benzene rings is 2. The van der Waals surface area contributed by atoms with E-state index in [2.05, 4.69) is 26.2 Å². The van der Waals surface area contributed by atoms with Crippen molar-refractivity contribution in [3.63, 3.8) is 0 Å². The summed E-state index contributed by atoms with van der Waals surface area (Å²) in [6, 6.07) is 20.2. The van der Waals surface area contributed by atoms with Crippen LogP contribution in [0, 0.1) is 5.82 Å². The van der Waals surface area contributed by atoms with Gasteiger partial charge in [0.15, 0.2) is 5.11 Å². The number of phenols is 1. The molecule has 0 saturated carbocycles. The largest absolute Gasteiger partial charge is 0.508 e. The van der Waals surface area contributed by atoms with Gasteiger partial charge in [-0.3, -0.25) is 4.98 Å². The fraction of sp³-hybridized carbons (Fsp3) is 0.0833. The smallest absolute Gasteiger partial charge is 0.174 e. The minimum Gasteiger partial charge on any atom is -0.508 e. The molecule has 0 radical (unpaired) electrons. The Balaban J connectivity index is 1.60. The van der Waals surface area contributed by atoms with Gasteiger partial charge in [0.05, 0.1) is 11.7 Å². The highest BCUT2D eigenvalue weighted by atomic mass is 79.9. The molecular weight excluding hydrogens is 493 g/mol. The Bertz CT molecular complexity index is 1280. The lowest BCUT2D eigenvalue weighted by molar-refractivity contribution is 0.439. The third-order valence-electron chi connectivity index (χ3n) is 5.34. The number of nitrogens with zero attached hydrogens (tertiary/aromatic N) is 2. The molecule has 1 fully saturated rings. The Labute approximate surface area is 197 Å². The molecule has 1 aliphatic heterocycles. The van der Waals surface area contributed by atoms with Gasteiger partial charge < -0.3 is 19.7 Å². The molecule has 32 heavy (non-hydrogen) atoms. The van der Waals surface area contributed by atoms with E-state index >= 15 is 0 Å². The Morgan fingerprint density at radius 3 is 2.59 bits per heavy atom. The Hall–Kier alpha value is -3.23. The molecule has 0 amide bonds. The minimum atomic E-state index is -0.327. The van der Waals surface area contributed by atoms with E-state index in [1.165, 1.54) is 12.1 Å². The second-order valence-corrected chi connectivity index (χ2v) is 8.58. The maximum atomic E-state index is 13.5. The second kappa shape index (κ2) is 8.37. The Kier molecular flexibility index (Phi) is 5.40. The van der Waals surface area contributed by atoms with Crippen LogP contribution >= 0.6 is 28.1 Å². The van der Waals surface area contributed by atoms with Crippen LogP contribution in [0.2, 0.25) is 0 Å². The summed E-state index contributed by atoms with van der Waals surface area (Å²) in [5.41, 5.74) is 2.38. The number of hydrogen-bond donors (Lipinski definition) is 2. The molecule has 0 spiro atoms. The van der Waals surface area contributed by atoms with Gasteiger partial charge in [-0.2, -0.15) is 0 Å². The van der Waals surface area contributed by atoms with Gasteiger partial charge in [0.2, 0.25) is 0 Å². The second-order valence-electron chi connectivity index (χ2n) is 7.34. The molecule has 160 valence electrons. The Morgan fingerprint density at radius 2 is 1.88 bits per heavy atom. The first kappa shape index (κ1) is 20.7. The number of anilines is 1. The van der Waals surface area contributed by atoms with Crippen LogP contribution in [0.25, 0.3) is 11.3 Å². The van der Waals surface area contributed by atoms with Crippen molar-refractivity contribution in [1.82, 2.24) is 10.3 Å². The van der Waals surface area contributed by atoms with Crippen LogP contribution in [0.3, 0.4) is 0 Å². The third-order valence-corrected chi connectivity index (χ3v) is 6.31. The molecule has 0 bridgehead atoms. The predicted molar refractivity (Wildman–Crippen MR) is 128 cm³/mol. The highest BCUT2D eigenvalue weighted by Gasteiger charge is 2.42. The molecule has 4 aromatic rings. The van der Waals surface area contributed by atoms with E-state index < -0.39 is 0 Å². The van der Waals surface area contributed by atoms with E-state index in [1.54, 1.807) is 36.5 Å². The average molecular weight is 510 g/mol. The lowest BCUT2D eigenvalue weighted by Gasteiger charge is -2.26. The van der Waals surface area contributed by atoms with E-state index in [0.29, 0.717) is 21.1 Å². The lowest BCUT2D eigenvalue weighted by Crippen LogP contribution is -2.29. The fourth-order valence-corrected chi connectivity index (χ4v) is 4.77. The molecule has 0 unspecified atom stereocenters. The van der Waals surface area contributed by atoms with Gasteiger partial charge in [-0.1, -0.05) is 6.07 Å². The first-order chi connectivity index (χ1) is 15.5. The molecule has 0 aliphatic carbocycles. The van der Waals surface area contributed by atoms with Crippen LogP contribution in [0.15, 0.2) is 87.9 Å². The summed E-state index contributed by atoms with van der Waals surface area (Å²) in [4.78, 5) is 6.48. The topological polar surface area (TPSA) is 61.5 Å². The summed E-state index contributed by atoms with van der Waals surface area (Å²) in [5.74, 6) is 1.12. The fourth-order valence-electron chi connectivity index (χ4n) is 3.88. The summed E-state index contributed by atoms with van der Waals surface area (Å²) >= 11 is 9.09. The molecule has 2 atom stereocenters. The highest BCUT2D eigenvalue weighted by Crippen LogP contribution is 2.43. The zero-order valence-electron chi connectivity index (χ0n) is 16.6. The number of rotatable bonds is 4. The molecule has 2 aromatic carbocycles. The van der Waals surface area contributed by atoms with Crippen molar-refractivity contribution in [2.75, 3.05) is 4.90 Å². The first-order valence-corrected chi connectivity index (χ1v) is 11.1. The van der Waals surface area contributed by atoms with Crippen LogP contribution < -0.4 is 10.2 Å². The maximum absolute atomic E-state index is 13.5. The molecule has 5 nitrogen and oxygen atoms in total. The monoisotopic (exact) mass is 509 g/mol. The van der Waals surface area contributed by atoms with Gasteiger partial charge in [0.1, 0.15) is 29.1 Å². The van der Waals surface area contributed by atoms with Gasteiger partial charge >= 0.3 is 0 Å². The molecular formula is C24H17BrFN3O2S. The quantitative estimate of drug-likeness (QED) is 0.323. The van der Waals surface area contributed by atoms with Crippen molar-refractivity contribution in [3.8, 4) is 17.1 Å². The summed E-state index contributed by atoms with van der Waals surface area (Å²) in [6.45, 7) is 0. The van der Waals surface area contributed by atoms with Gasteiger partial charge in [-0.25, -0.2) is 4.39 Å². The van der Waals surface area contributed by atoms with Crippen LogP contribution in [0.1, 0.15) is 23.5 Å². The standard InChI is InChI=1S/C24H17BrFN3O2S/c25-18-13-14(26)4-9-17(18)20-10-11-21(31-20)23-22(19-3-1-2-12-27-19)28-24(32)29(23)15-5-7-16(30)8-6-15/h1-13,22-23,30H,(H,28,32)/t22-,23-/m1/s1. The number of hydrogen-bond acceptors (Lipinski definition) is 4. The summed E-state index contributed by atoms with van der Waals surface area (Å²) in [5, 5.41) is 13.6. The third kappa shape index (κ3) is 3.76. The van der Waals surface area contributed by atoms with E-state index in [1.807, 2.05) is 35.2 Å². The molecule has 2 aromatic heterocycles. The molecule has 1 aliphatic rings. The van der Waals surface area contributed by atoms with E-state index in [0.717, 1.165) is 16.9 Å². The zero-order chi connectivity index (χ0) is 22.2. The van der Waals surface area contributed by atoms with Crippen LogP contribution in [-0.4, -0.2) is 15.2 Å². The normalized spacial score (nSPS) is 18.1. The Morgan fingerprint density at radius 1 is 1.06 bits per heavy atom. The molecule has 1 saturated heterocycles.